The Hall–Kier alpha value is -2.44. The first kappa shape index (κ1) is 18.4. The maximum absolute atomic E-state index is 10.3. The van der Waals surface area contributed by atoms with Gasteiger partial charge in [-0.15, -0.1) is 0 Å². The summed E-state index contributed by atoms with van der Waals surface area (Å²) >= 11 is 0. The van der Waals surface area contributed by atoms with Crippen LogP contribution in [-0.2, 0) is 17.8 Å². The zero-order valence-corrected chi connectivity index (χ0v) is 15.4. The van der Waals surface area contributed by atoms with Crippen molar-refractivity contribution in [1.29, 1.82) is 0 Å². The number of rotatable bonds is 9. The molecule has 2 aromatic heterocycles. The van der Waals surface area contributed by atoms with Crippen molar-refractivity contribution < 1.29 is 9.84 Å². The van der Waals surface area contributed by atoms with Gasteiger partial charge in [0.15, 0.2) is 5.82 Å². The van der Waals surface area contributed by atoms with Gasteiger partial charge in [0.1, 0.15) is 5.69 Å². The summed E-state index contributed by atoms with van der Waals surface area (Å²) in [4.78, 5) is 9.22. The van der Waals surface area contributed by atoms with Gasteiger partial charge in [-0.3, -0.25) is 0 Å². The highest BCUT2D eigenvalue weighted by Gasteiger charge is 2.20. The summed E-state index contributed by atoms with van der Waals surface area (Å²) in [7, 11) is 0. The van der Waals surface area contributed by atoms with Crippen molar-refractivity contribution in [1.82, 2.24) is 19.1 Å². The number of imidazole rings is 2. The van der Waals surface area contributed by atoms with Crippen LogP contribution in [0.1, 0.15) is 20.3 Å². The van der Waals surface area contributed by atoms with E-state index in [0.717, 1.165) is 35.7 Å². The second-order valence-electron chi connectivity index (χ2n) is 6.22. The Morgan fingerprint density at radius 2 is 1.92 bits per heavy atom. The Morgan fingerprint density at radius 3 is 2.65 bits per heavy atom. The highest BCUT2D eigenvalue weighted by molar-refractivity contribution is 5.75. The van der Waals surface area contributed by atoms with Crippen LogP contribution in [0.4, 0.5) is 0 Å². The third-order valence-electron chi connectivity index (χ3n) is 4.20. The zero-order chi connectivity index (χ0) is 18.4. The summed E-state index contributed by atoms with van der Waals surface area (Å²) < 4.78 is 9.45. The van der Waals surface area contributed by atoms with E-state index in [1.165, 1.54) is 0 Å². The third kappa shape index (κ3) is 4.03. The first-order valence-corrected chi connectivity index (χ1v) is 9.12. The first-order chi connectivity index (χ1) is 12.7. The quantitative estimate of drug-likeness (QED) is 0.641. The molecule has 0 saturated heterocycles. The van der Waals surface area contributed by atoms with Gasteiger partial charge in [-0.1, -0.05) is 37.3 Å². The molecule has 0 aliphatic carbocycles. The molecule has 1 atom stereocenters. The number of aryl methyl sites for hydroxylation is 1. The maximum Gasteiger partial charge on any atom is 0.158 e. The van der Waals surface area contributed by atoms with E-state index in [1.54, 1.807) is 6.33 Å². The summed E-state index contributed by atoms with van der Waals surface area (Å²) in [6.07, 6.45) is 6.00. The number of nitrogens with zero attached hydrogens (tertiary/aromatic N) is 4. The predicted molar refractivity (Wildman–Crippen MR) is 102 cm³/mol. The van der Waals surface area contributed by atoms with Crippen molar-refractivity contribution in [3.63, 3.8) is 0 Å². The zero-order valence-electron chi connectivity index (χ0n) is 15.4. The molecule has 0 spiro atoms. The molecular weight excluding hydrogens is 328 g/mol. The average Bonchev–Trinajstić information content (AvgIpc) is 3.27. The second kappa shape index (κ2) is 8.78. The van der Waals surface area contributed by atoms with Crippen LogP contribution >= 0.6 is 0 Å². The number of aliphatic hydroxyl groups is 1. The van der Waals surface area contributed by atoms with Gasteiger partial charge < -0.3 is 19.0 Å². The van der Waals surface area contributed by atoms with Gasteiger partial charge in [-0.2, -0.15) is 0 Å². The highest BCUT2D eigenvalue weighted by Crippen LogP contribution is 2.30. The molecule has 0 unspecified atom stereocenters. The normalized spacial score (nSPS) is 12.4. The maximum atomic E-state index is 10.3. The lowest BCUT2D eigenvalue weighted by Crippen LogP contribution is -2.22. The van der Waals surface area contributed by atoms with Gasteiger partial charge in [0.25, 0.3) is 0 Å². The minimum Gasteiger partial charge on any atom is -0.389 e. The Morgan fingerprint density at radius 1 is 1.12 bits per heavy atom. The molecule has 0 bridgehead atoms. The molecule has 3 aromatic rings. The highest BCUT2D eigenvalue weighted by atomic mass is 16.5. The summed E-state index contributed by atoms with van der Waals surface area (Å²) in [5.41, 5.74) is 2.83. The fourth-order valence-corrected chi connectivity index (χ4v) is 3.04. The van der Waals surface area contributed by atoms with Crippen molar-refractivity contribution >= 4 is 0 Å². The van der Waals surface area contributed by atoms with E-state index >= 15 is 0 Å². The molecule has 2 heterocycles. The molecule has 6 nitrogen and oxygen atoms in total. The van der Waals surface area contributed by atoms with E-state index in [0.29, 0.717) is 19.8 Å². The molecule has 0 aliphatic rings. The van der Waals surface area contributed by atoms with Crippen molar-refractivity contribution in [2.45, 2.75) is 39.5 Å². The number of benzene rings is 1. The number of ether oxygens (including phenoxy) is 1. The van der Waals surface area contributed by atoms with Crippen LogP contribution in [0.25, 0.3) is 22.8 Å². The predicted octanol–water partition coefficient (Wildman–Crippen LogP) is 3.22. The van der Waals surface area contributed by atoms with Gasteiger partial charge >= 0.3 is 0 Å². The van der Waals surface area contributed by atoms with Gasteiger partial charge in [0, 0.05) is 31.1 Å². The van der Waals surface area contributed by atoms with Gasteiger partial charge in [0.2, 0.25) is 0 Å². The van der Waals surface area contributed by atoms with Crippen LogP contribution < -0.4 is 0 Å². The standard InChI is InChI=1S/C20H26N4O2/c1-3-11-23-12-10-21-20(23)19-18(16-8-6-5-7-9-16)22-15-24(19)13-17(25)14-26-4-2/h5-10,12,15,17,25H,3-4,11,13-14H2,1-2H3/t17-/m1/s1. The van der Waals surface area contributed by atoms with Crippen molar-refractivity contribution in [2.24, 2.45) is 0 Å². The topological polar surface area (TPSA) is 65.1 Å². The van der Waals surface area contributed by atoms with E-state index in [1.807, 2.05) is 54.2 Å². The average molecular weight is 354 g/mol. The van der Waals surface area contributed by atoms with Crippen LogP contribution in [-0.4, -0.2) is 43.5 Å². The molecule has 0 fully saturated rings. The SMILES string of the molecule is CCCn1ccnc1-c1c(-c2ccccc2)ncn1C[C@@H](O)COCC. The third-order valence-corrected chi connectivity index (χ3v) is 4.20. The van der Waals surface area contributed by atoms with E-state index < -0.39 is 6.10 Å². The van der Waals surface area contributed by atoms with Crippen molar-refractivity contribution in [3.05, 3.63) is 49.1 Å². The molecule has 6 heteroatoms. The van der Waals surface area contributed by atoms with Crippen molar-refractivity contribution in [3.8, 4) is 22.8 Å². The molecule has 138 valence electrons. The van der Waals surface area contributed by atoms with Crippen LogP contribution in [0, 0.1) is 0 Å². The van der Waals surface area contributed by atoms with E-state index in [9.17, 15) is 5.11 Å². The van der Waals surface area contributed by atoms with Crippen LogP contribution in [0.2, 0.25) is 0 Å². The Labute approximate surface area is 154 Å². The molecule has 1 aromatic carbocycles. The lowest BCUT2D eigenvalue weighted by atomic mass is 10.1. The number of aromatic nitrogens is 4. The number of hydrogen-bond acceptors (Lipinski definition) is 4. The van der Waals surface area contributed by atoms with Crippen LogP contribution in [0.5, 0.6) is 0 Å². The van der Waals surface area contributed by atoms with Crippen molar-refractivity contribution in [2.75, 3.05) is 13.2 Å². The summed E-state index contributed by atoms with van der Waals surface area (Å²) in [6.45, 7) is 6.25. The monoisotopic (exact) mass is 354 g/mol. The minimum absolute atomic E-state index is 0.304. The Balaban J connectivity index is 2.02. The lowest BCUT2D eigenvalue weighted by molar-refractivity contribution is 0.0337. The largest absolute Gasteiger partial charge is 0.389 e. The molecule has 1 N–H and O–H groups in total. The van der Waals surface area contributed by atoms with Crippen LogP contribution in [0.3, 0.4) is 0 Å². The fourth-order valence-electron chi connectivity index (χ4n) is 3.04. The summed E-state index contributed by atoms with van der Waals surface area (Å²) in [5.74, 6) is 0.867. The van der Waals surface area contributed by atoms with Gasteiger partial charge in [-0.25, -0.2) is 9.97 Å². The molecular formula is C20H26N4O2. The Kier molecular flexibility index (Phi) is 6.20. The Bertz CT molecular complexity index is 810. The smallest absolute Gasteiger partial charge is 0.158 e. The second-order valence-corrected chi connectivity index (χ2v) is 6.22. The van der Waals surface area contributed by atoms with Gasteiger partial charge in [0.05, 0.1) is 31.3 Å². The molecule has 0 amide bonds. The minimum atomic E-state index is -0.596. The fraction of sp³-hybridized carbons (Fsp3) is 0.400. The molecule has 0 saturated carbocycles. The number of hydrogen-bond donors (Lipinski definition) is 1. The molecule has 3 rings (SSSR count). The molecule has 0 radical (unpaired) electrons. The van der Waals surface area contributed by atoms with E-state index in [4.69, 9.17) is 4.74 Å². The van der Waals surface area contributed by atoms with Gasteiger partial charge in [-0.05, 0) is 13.3 Å². The van der Waals surface area contributed by atoms with Crippen LogP contribution in [0.15, 0.2) is 49.1 Å². The molecule has 0 aliphatic heterocycles. The summed E-state index contributed by atoms with van der Waals surface area (Å²) in [6, 6.07) is 10.1. The molecule has 26 heavy (non-hydrogen) atoms. The first-order valence-electron chi connectivity index (χ1n) is 9.12. The van der Waals surface area contributed by atoms with E-state index in [-0.39, 0.29) is 0 Å². The van der Waals surface area contributed by atoms with E-state index in [2.05, 4.69) is 21.5 Å². The number of aliphatic hydroxyl groups excluding tert-OH is 1. The lowest BCUT2D eigenvalue weighted by Gasteiger charge is -2.15. The summed E-state index contributed by atoms with van der Waals surface area (Å²) in [5, 5.41) is 10.3.